The van der Waals surface area contributed by atoms with Crippen molar-refractivity contribution in [2.75, 3.05) is 0 Å². The highest BCUT2D eigenvalue weighted by Crippen LogP contribution is 2.52. The normalized spacial score (nSPS) is 39.2. The van der Waals surface area contributed by atoms with E-state index in [2.05, 4.69) is 0 Å². The van der Waals surface area contributed by atoms with Gasteiger partial charge in [-0.3, -0.25) is 4.79 Å². The lowest BCUT2D eigenvalue weighted by atomic mass is 9.76. The number of carbonyl (C=O) groups is 1. The molecule has 0 aromatic heterocycles. The molecule has 1 aromatic carbocycles. The number of ketones is 1. The zero-order valence-corrected chi connectivity index (χ0v) is 11.5. The van der Waals surface area contributed by atoms with Gasteiger partial charge in [-0.2, -0.15) is 0 Å². The maximum atomic E-state index is 12.8. The van der Waals surface area contributed by atoms with E-state index in [4.69, 9.17) is 4.74 Å². The molecule has 3 nitrogen and oxygen atoms in total. The minimum atomic E-state index is -0.841. The number of aliphatic hydroxyl groups is 1. The van der Waals surface area contributed by atoms with Crippen molar-refractivity contribution >= 4 is 5.78 Å². The van der Waals surface area contributed by atoms with Crippen LogP contribution in [0, 0.1) is 11.8 Å². The van der Waals surface area contributed by atoms with Crippen molar-refractivity contribution in [1.82, 2.24) is 0 Å². The van der Waals surface area contributed by atoms with Crippen molar-refractivity contribution < 1.29 is 14.6 Å². The summed E-state index contributed by atoms with van der Waals surface area (Å²) >= 11 is 0. The molecule has 3 heteroatoms. The van der Waals surface area contributed by atoms with Crippen molar-refractivity contribution in [2.24, 2.45) is 11.8 Å². The second kappa shape index (κ2) is 4.32. The van der Waals surface area contributed by atoms with Gasteiger partial charge in [0.25, 0.3) is 0 Å². The van der Waals surface area contributed by atoms with Crippen LogP contribution in [0.5, 0.6) is 5.75 Å². The number of fused-ring (bicyclic) bond motifs is 6. The summed E-state index contributed by atoms with van der Waals surface area (Å²) in [6.45, 7) is 0. The first kappa shape index (κ1) is 12.4. The molecule has 4 unspecified atom stereocenters. The summed E-state index contributed by atoms with van der Waals surface area (Å²) in [6, 6.07) is 7.48. The van der Waals surface area contributed by atoms with Crippen molar-refractivity contribution in [3.8, 4) is 5.75 Å². The number of carbonyl (C=O) groups excluding carboxylic acids is 1. The summed E-state index contributed by atoms with van der Waals surface area (Å²) in [5.74, 6) is 0.623. The fourth-order valence-electron chi connectivity index (χ4n) is 4.51. The van der Waals surface area contributed by atoms with Gasteiger partial charge >= 0.3 is 0 Å². The van der Waals surface area contributed by atoms with Gasteiger partial charge in [0.05, 0.1) is 17.1 Å². The average Bonchev–Trinajstić information content (AvgIpc) is 2.61. The lowest BCUT2D eigenvalue weighted by molar-refractivity contribution is -0.0492. The summed E-state index contributed by atoms with van der Waals surface area (Å²) in [5.41, 5.74) is -0.192. The molecule has 0 saturated heterocycles. The van der Waals surface area contributed by atoms with Gasteiger partial charge in [-0.15, -0.1) is 0 Å². The number of Topliss-reactive ketones (excluding diaryl/α,β-unsaturated/α-hetero) is 1. The van der Waals surface area contributed by atoms with Crippen LogP contribution in [0.1, 0.15) is 48.9 Å². The number of hydrogen-bond acceptors (Lipinski definition) is 3. The Morgan fingerprint density at radius 1 is 1.20 bits per heavy atom. The van der Waals surface area contributed by atoms with Gasteiger partial charge in [-0.1, -0.05) is 31.4 Å². The Hall–Kier alpha value is -1.35. The van der Waals surface area contributed by atoms with Crippen molar-refractivity contribution in [3.05, 3.63) is 29.8 Å². The number of para-hydroxylation sites is 1. The van der Waals surface area contributed by atoms with Crippen LogP contribution in [-0.2, 0) is 0 Å². The second-order valence-electron chi connectivity index (χ2n) is 6.50. The maximum absolute atomic E-state index is 12.8. The fraction of sp³-hybridized carbons (Fsp3) is 0.588. The summed E-state index contributed by atoms with van der Waals surface area (Å²) < 4.78 is 6.13. The number of rotatable bonds is 0. The van der Waals surface area contributed by atoms with Gasteiger partial charge in [0.2, 0.25) is 0 Å². The first-order valence-corrected chi connectivity index (χ1v) is 7.72. The van der Waals surface area contributed by atoms with Crippen LogP contribution in [-0.4, -0.2) is 22.6 Å². The average molecular weight is 272 g/mol. The highest BCUT2D eigenvalue weighted by Gasteiger charge is 2.59. The molecule has 0 spiro atoms. The fourth-order valence-corrected chi connectivity index (χ4v) is 4.51. The summed E-state index contributed by atoms with van der Waals surface area (Å²) in [5, 5.41) is 11.2. The van der Waals surface area contributed by atoms with E-state index in [0.29, 0.717) is 17.7 Å². The molecule has 1 aromatic rings. The topological polar surface area (TPSA) is 46.5 Å². The SMILES string of the molecule is O=C1c2ccccc2OC2CC1C1(O)CCCCCC21. The Bertz CT molecular complexity index is 553. The van der Waals surface area contributed by atoms with Crippen molar-refractivity contribution in [2.45, 2.75) is 50.2 Å². The van der Waals surface area contributed by atoms with E-state index >= 15 is 0 Å². The van der Waals surface area contributed by atoms with Crippen LogP contribution >= 0.6 is 0 Å². The molecule has 1 N–H and O–H groups in total. The molecular weight excluding hydrogens is 252 g/mol. The van der Waals surface area contributed by atoms with Gasteiger partial charge in [0.15, 0.2) is 5.78 Å². The quantitative estimate of drug-likeness (QED) is 0.790. The third kappa shape index (κ3) is 1.59. The van der Waals surface area contributed by atoms with Crippen LogP contribution in [0.4, 0.5) is 0 Å². The molecule has 20 heavy (non-hydrogen) atoms. The molecule has 1 heterocycles. The van der Waals surface area contributed by atoms with Gasteiger partial charge in [-0.05, 0) is 31.4 Å². The smallest absolute Gasteiger partial charge is 0.172 e. The number of ether oxygens (including phenoxy) is 1. The molecule has 1 aliphatic heterocycles. The van der Waals surface area contributed by atoms with Crippen molar-refractivity contribution in [1.29, 1.82) is 0 Å². The Balaban J connectivity index is 1.82. The van der Waals surface area contributed by atoms with Crippen LogP contribution in [0.2, 0.25) is 0 Å². The molecule has 2 bridgehead atoms. The molecule has 0 amide bonds. The molecule has 3 aliphatic rings. The molecule has 2 fully saturated rings. The first-order valence-electron chi connectivity index (χ1n) is 7.72. The molecular formula is C17H20O3. The van der Waals surface area contributed by atoms with Gasteiger partial charge < -0.3 is 9.84 Å². The summed E-state index contributed by atoms with van der Waals surface area (Å²) in [6.07, 6.45) is 5.70. The number of hydrogen-bond donors (Lipinski definition) is 1. The lowest BCUT2D eigenvalue weighted by Crippen LogP contribution is -2.45. The zero-order valence-electron chi connectivity index (χ0n) is 11.5. The molecule has 2 aliphatic carbocycles. The third-order valence-corrected chi connectivity index (χ3v) is 5.50. The maximum Gasteiger partial charge on any atom is 0.172 e. The van der Waals surface area contributed by atoms with Gasteiger partial charge in [0, 0.05) is 5.92 Å². The molecule has 4 rings (SSSR count). The largest absolute Gasteiger partial charge is 0.489 e. The van der Waals surface area contributed by atoms with Crippen LogP contribution in [0.3, 0.4) is 0 Å². The number of benzene rings is 1. The van der Waals surface area contributed by atoms with E-state index in [1.54, 1.807) is 0 Å². The Labute approximate surface area is 118 Å². The molecule has 2 saturated carbocycles. The first-order chi connectivity index (χ1) is 9.70. The van der Waals surface area contributed by atoms with E-state index in [0.717, 1.165) is 32.1 Å². The van der Waals surface area contributed by atoms with E-state index in [1.165, 1.54) is 0 Å². The van der Waals surface area contributed by atoms with E-state index < -0.39 is 5.60 Å². The Kier molecular flexibility index (Phi) is 2.68. The van der Waals surface area contributed by atoms with Crippen LogP contribution in [0.15, 0.2) is 24.3 Å². The minimum absolute atomic E-state index is 0.00398. The minimum Gasteiger partial charge on any atom is -0.489 e. The lowest BCUT2D eigenvalue weighted by Gasteiger charge is -2.36. The summed E-state index contributed by atoms with van der Waals surface area (Å²) in [4.78, 5) is 12.8. The Morgan fingerprint density at radius 3 is 2.95 bits per heavy atom. The van der Waals surface area contributed by atoms with E-state index in [-0.39, 0.29) is 23.7 Å². The highest BCUT2D eigenvalue weighted by molar-refractivity contribution is 6.01. The van der Waals surface area contributed by atoms with Gasteiger partial charge in [0.1, 0.15) is 11.9 Å². The zero-order chi connectivity index (χ0) is 13.7. The molecule has 4 atom stereocenters. The van der Waals surface area contributed by atoms with Crippen LogP contribution < -0.4 is 4.74 Å². The molecule has 0 radical (unpaired) electrons. The predicted octanol–water partition coefficient (Wildman–Crippen LogP) is 2.96. The predicted molar refractivity (Wildman–Crippen MR) is 74.8 cm³/mol. The van der Waals surface area contributed by atoms with Gasteiger partial charge in [-0.25, -0.2) is 0 Å². The standard InChI is InChI=1S/C17H20O3/c18-16-11-6-3-4-8-14(11)20-15-10-13(16)17(19)9-5-1-2-7-12(15)17/h3-4,6,8,12-13,15,19H,1-2,5,7,9-10H2. The van der Waals surface area contributed by atoms with E-state index in [1.807, 2.05) is 24.3 Å². The third-order valence-electron chi connectivity index (χ3n) is 5.50. The highest BCUT2D eigenvalue weighted by atomic mass is 16.5. The second-order valence-corrected chi connectivity index (χ2v) is 6.50. The Morgan fingerprint density at radius 2 is 2.05 bits per heavy atom. The molecule has 106 valence electrons. The van der Waals surface area contributed by atoms with Crippen molar-refractivity contribution in [3.63, 3.8) is 0 Å². The van der Waals surface area contributed by atoms with E-state index in [9.17, 15) is 9.90 Å². The monoisotopic (exact) mass is 272 g/mol. The van der Waals surface area contributed by atoms with Crippen LogP contribution in [0.25, 0.3) is 0 Å². The summed E-state index contributed by atoms with van der Waals surface area (Å²) in [7, 11) is 0.